The predicted molar refractivity (Wildman–Crippen MR) is 79.5 cm³/mol. The first kappa shape index (κ1) is 14.1. The van der Waals surface area contributed by atoms with Gasteiger partial charge in [-0.05, 0) is 17.7 Å². The van der Waals surface area contributed by atoms with Gasteiger partial charge in [-0.1, -0.05) is 30.3 Å². The van der Waals surface area contributed by atoms with Crippen LogP contribution in [-0.2, 0) is 0 Å². The summed E-state index contributed by atoms with van der Waals surface area (Å²) in [6.45, 7) is 0. The first-order valence-corrected chi connectivity index (χ1v) is 6.37. The molecule has 2 aromatic carbocycles. The van der Waals surface area contributed by atoms with Gasteiger partial charge in [0.1, 0.15) is 11.5 Å². The maximum absolute atomic E-state index is 9.91. The number of nitrogens with two attached hydrogens (primary N) is 1. The van der Waals surface area contributed by atoms with Crippen LogP contribution in [-0.4, -0.2) is 17.9 Å². The molecule has 0 aromatic heterocycles. The molecule has 0 aliphatic heterocycles. The van der Waals surface area contributed by atoms with E-state index < -0.39 is 0 Å². The average Bonchev–Trinajstić information content (AvgIpc) is 2.47. The van der Waals surface area contributed by atoms with E-state index in [0.717, 1.165) is 5.56 Å². The molecular formula is C16H18N2O2. The molecule has 4 heteroatoms. The summed E-state index contributed by atoms with van der Waals surface area (Å²) in [5, 5.41) is 18.0. The van der Waals surface area contributed by atoms with Crippen LogP contribution in [0.25, 0.3) is 0 Å². The van der Waals surface area contributed by atoms with Gasteiger partial charge in [-0.25, -0.2) is 0 Å². The molecule has 0 amide bonds. The molecule has 4 nitrogen and oxygen atoms in total. The second-order valence-electron chi connectivity index (χ2n) is 4.58. The van der Waals surface area contributed by atoms with Gasteiger partial charge in [-0.3, -0.25) is 0 Å². The Morgan fingerprint density at radius 2 is 1.95 bits per heavy atom. The van der Waals surface area contributed by atoms with Crippen LogP contribution in [0.2, 0.25) is 0 Å². The van der Waals surface area contributed by atoms with Gasteiger partial charge < -0.3 is 21.0 Å². The molecule has 2 aromatic rings. The van der Waals surface area contributed by atoms with Gasteiger partial charge in [0.05, 0.1) is 7.11 Å². The largest absolute Gasteiger partial charge is 0.507 e. The summed E-state index contributed by atoms with van der Waals surface area (Å²) < 4.78 is 5.02. The number of aromatic hydroxyl groups is 1. The molecule has 0 saturated heterocycles. The van der Waals surface area contributed by atoms with Crippen molar-refractivity contribution in [3.8, 4) is 11.5 Å². The van der Waals surface area contributed by atoms with Crippen molar-refractivity contribution in [2.24, 2.45) is 5.73 Å². The van der Waals surface area contributed by atoms with E-state index in [2.05, 4.69) is 0 Å². The normalized spacial score (nSPS) is 11.9. The number of benzene rings is 2. The van der Waals surface area contributed by atoms with E-state index in [0.29, 0.717) is 23.4 Å². The highest BCUT2D eigenvalue weighted by Gasteiger charge is 2.13. The molecule has 104 valence electrons. The molecule has 2 rings (SSSR count). The highest BCUT2D eigenvalue weighted by molar-refractivity contribution is 6.01. The SMILES string of the molecule is COc1ccc(C(=N)CC(N)c2ccccc2)c(O)c1. The van der Waals surface area contributed by atoms with Crippen LogP contribution < -0.4 is 10.5 Å². The number of phenols is 1. The Hall–Kier alpha value is -2.33. The van der Waals surface area contributed by atoms with Crippen LogP contribution in [0.15, 0.2) is 48.5 Å². The number of ether oxygens (including phenoxy) is 1. The molecule has 0 bridgehead atoms. The third kappa shape index (κ3) is 3.16. The fourth-order valence-electron chi connectivity index (χ4n) is 2.04. The first-order valence-electron chi connectivity index (χ1n) is 6.37. The van der Waals surface area contributed by atoms with Crippen molar-refractivity contribution >= 4 is 5.71 Å². The molecular weight excluding hydrogens is 252 g/mol. The van der Waals surface area contributed by atoms with Crippen molar-refractivity contribution in [1.82, 2.24) is 0 Å². The Kier molecular flexibility index (Phi) is 4.38. The zero-order chi connectivity index (χ0) is 14.5. The van der Waals surface area contributed by atoms with E-state index in [1.165, 1.54) is 13.2 Å². The van der Waals surface area contributed by atoms with Crippen molar-refractivity contribution in [2.45, 2.75) is 12.5 Å². The molecule has 0 spiro atoms. The van der Waals surface area contributed by atoms with Gasteiger partial charge in [0.25, 0.3) is 0 Å². The van der Waals surface area contributed by atoms with E-state index in [-0.39, 0.29) is 11.8 Å². The summed E-state index contributed by atoms with van der Waals surface area (Å²) in [4.78, 5) is 0. The number of methoxy groups -OCH3 is 1. The van der Waals surface area contributed by atoms with Crippen LogP contribution in [0.1, 0.15) is 23.6 Å². The minimum atomic E-state index is -0.259. The standard InChI is InChI=1S/C16H18N2O2/c1-20-12-7-8-13(16(19)9-12)15(18)10-14(17)11-5-3-2-4-6-11/h2-9,14,18-19H,10,17H2,1H3. The monoisotopic (exact) mass is 270 g/mol. The van der Waals surface area contributed by atoms with Gasteiger partial charge in [0.2, 0.25) is 0 Å². The average molecular weight is 270 g/mol. The van der Waals surface area contributed by atoms with E-state index in [9.17, 15) is 5.11 Å². The van der Waals surface area contributed by atoms with E-state index >= 15 is 0 Å². The predicted octanol–water partition coefficient (Wildman–Crippen LogP) is 2.86. The van der Waals surface area contributed by atoms with Crippen LogP contribution in [0, 0.1) is 5.41 Å². The van der Waals surface area contributed by atoms with Crippen LogP contribution in [0.4, 0.5) is 0 Å². The van der Waals surface area contributed by atoms with Crippen molar-refractivity contribution < 1.29 is 9.84 Å². The van der Waals surface area contributed by atoms with Gasteiger partial charge in [0.15, 0.2) is 0 Å². The number of nitrogens with one attached hydrogen (secondary N) is 1. The number of phenolic OH excluding ortho intramolecular Hbond substituents is 1. The lowest BCUT2D eigenvalue weighted by atomic mass is 9.97. The van der Waals surface area contributed by atoms with Gasteiger partial charge in [-0.15, -0.1) is 0 Å². The zero-order valence-electron chi connectivity index (χ0n) is 11.3. The summed E-state index contributed by atoms with van der Waals surface area (Å²) >= 11 is 0. The third-order valence-electron chi connectivity index (χ3n) is 3.18. The van der Waals surface area contributed by atoms with E-state index in [1.807, 2.05) is 30.3 Å². The quantitative estimate of drug-likeness (QED) is 0.731. The lowest BCUT2D eigenvalue weighted by molar-refractivity contribution is 0.407. The Labute approximate surface area is 118 Å². The van der Waals surface area contributed by atoms with Crippen molar-refractivity contribution in [1.29, 1.82) is 5.41 Å². The molecule has 20 heavy (non-hydrogen) atoms. The summed E-state index contributed by atoms with van der Waals surface area (Å²) in [6, 6.07) is 14.3. The highest BCUT2D eigenvalue weighted by atomic mass is 16.5. The van der Waals surface area contributed by atoms with Crippen molar-refractivity contribution in [2.75, 3.05) is 7.11 Å². The smallest absolute Gasteiger partial charge is 0.128 e. The Bertz CT molecular complexity index is 597. The van der Waals surface area contributed by atoms with Crippen molar-refractivity contribution in [3.63, 3.8) is 0 Å². The first-order chi connectivity index (χ1) is 9.61. The molecule has 0 aliphatic rings. The fourth-order valence-corrected chi connectivity index (χ4v) is 2.04. The van der Waals surface area contributed by atoms with Crippen molar-refractivity contribution in [3.05, 3.63) is 59.7 Å². The minimum Gasteiger partial charge on any atom is -0.507 e. The fraction of sp³-hybridized carbons (Fsp3) is 0.188. The molecule has 1 atom stereocenters. The van der Waals surface area contributed by atoms with E-state index in [4.69, 9.17) is 15.9 Å². The topological polar surface area (TPSA) is 79.3 Å². The van der Waals surface area contributed by atoms with Gasteiger partial charge in [-0.2, -0.15) is 0 Å². The third-order valence-corrected chi connectivity index (χ3v) is 3.18. The second kappa shape index (κ2) is 6.21. The number of hydrogen-bond acceptors (Lipinski definition) is 4. The lowest BCUT2D eigenvalue weighted by Gasteiger charge is -2.14. The summed E-state index contributed by atoms with van der Waals surface area (Å²) in [5.74, 6) is 0.598. The maximum Gasteiger partial charge on any atom is 0.128 e. The summed E-state index contributed by atoms with van der Waals surface area (Å²) in [5.41, 5.74) is 7.86. The molecule has 0 saturated carbocycles. The maximum atomic E-state index is 9.91. The van der Waals surface area contributed by atoms with Crippen LogP contribution >= 0.6 is 0 Å². The van der Waals surface area contributed by atoms with Crippen LogP contribution in [0.3, 0.4) is 0 Å². The van der Waals surface area contributed by atoms with Gasteiger partial charge >= 0.3 is 0 Å². The number of hydrogen-bond donors (Lipinski definition) is 3. The van der Waals surface area contributed by atoms with E-state index in [1.54, 1.807) is 12.1 Å². The molecule has 4 N–H and O–H groups in total. The number of rotatable bonds is 5. The molecule has 0 radical (unpaired) electrons. The molecule has 1 unspecified atom stereocenters. The molecule has 0 fully saturated rings. The summed E-state index contributed by atoms with van der Waals surface area (Å²) in [6.07, 6.45) is 0.365. The molecule has 0 heterocycles. The lowest BCUT2D eigenvalue weighted by Crippen LogP contribution is -2.15. The Morgan fingerprint density at radius 1 is 1.25 bits per heavy atom. The second-order valence-corrected chi connectivity index (χ2v) is 4.58. The highest BCUT2D eigenvalue weighted by Crippen LogP contribution is 2.26. The van der Waals surface area contributed by atoms with Crippen LogP contribution in [0.5, 0.6) is 11.5 Å². The molecule has 0 aliphatic carbocycles. The Morgan fingerprint density at radius 3 is 2.55 bits per heavy atom. The minimum absolute atomic E-state index is 0.0367. The Balaban J connectivity index is 2.12. The summed E-state index contributed by atoms with van der Waals surface area (Å²) in [7, 11) is 1.53. The zero-order valence-corrected chi connectivity index (χ0v) is 11.3. The van der Waals surface area contributed by atoms with Gasteiger partial charge in [0, 0.05) is 29.8 Å².